The fourth-order valence-corrected chi connectivity index (χ4v) is 2.91. The van der Waals surface area contributed by atoms with Crippen molar-refractivity contribution in [2.24, 2.45) is 0 Å². The first-order valence-electron chi connectivity index (χ1n) is 5.70. The average Bonchev–Trinajstić information content (AvgIpc) is 2.71. The summed E-state index contributed by atoms with van der Waals surface area (Å²) in [6, 6.07) is 2.49. The largest absolute Gasteiger partial charge is 0.398 e. The lowest BCUT2D eigenvalue weighted by Crippen LogP contribution is -2.17. The topological polar surface area (TPSA) is 50.9 Å². The predicted octanol–water partition coefficient (Wildman–Crippen LogP) is 2.67. The lowest BCUT2D eigenvalue weighted by atomic mass is 10.2. The van der Waals surface area contributed by atoms with Gasteiger partial charge >= 0.3 is 0 Å². The van der Waals surface area contributed by atoms with E-state index in [4.69, 9.17) is 5.73 Å². The van der Waals surface area contributed by atoms with Gasteiger partial charge in [-0.3, -0.25) is 0 Å². The van der Waals surface area contributed by atoms with Crippen molar-refractivity contribution in [3.63, 3.8) is 0 Å². The van der Waals surface area contributed by atoms with E-state index in [2.05, 4.69) is 16.6 Å². The zero-order chi connectivity index (χ0) is 11.5. The number of nitrogens with one attached hydrogen (secondary N) is 1. The number of aromatic nitrogens is 1. The van der Waals surface area contributed by atoms with Crippen molar-refractivity contribution >= 4 is 23.3 Å². The molecule has 1 aromatic rings. The molecule has 2 rings (SSSR count). The van der Waals surface area contributed by atoms with Crippen LogP contribution in [0.15, 0.2) is 12.3 Å². The molecule has 0 radical (unpaired) electrons. The van der Waals surface area contributed by atoms with Crippen molar-refractivity contribution in [1.29, 1.82) is 0 Å². The average molecular weight is 237 g/mol. The van der Waals surface area contributed by atoms with E-state index in [9.17, 15) is 0 Å². The summed E-state index contributed by atoms with van der Waals surface area (Å²) in [5, 5.41) is 4.27. The van der Waals surface area contributed by atoms with Crippen LogP contribution in [0, 0.1) is 6.92 Å². The second-order valence-electron chi connectivity index (χ2n) is 4.44. The Labute approximate surface area is 101 Å². The van der Waals surface area contributed by atoms with E-state index >= 15 is 0 Å². The van der Waals surface area contributed by atoms with Crippen LogP contribution in [0.3, 0.4) is 0 Å². The lowest BCUT2D eigenvalue weighted by molar-refractivity contribution is 0.752. The highest BCUT2D eigenvalue weighted by molar-refractivity contribution is 7.99. The van der Waals surface area contributed by atoms with E-state index in [-0.39, 0.29) is 0 Å². The van der Waals surface area contributed by atoms with Crippen molar-refractivity contribution in [1.82, 2.24) is 4.98 Å². The molecule has 1 saturated carbocycles. The molecule has 4 heteroatoms. The van der Waals surface area contributed by atoms with Crippen LogP contribution < -0.4 is 11.1 Å². The van der Waals surface area contributed by atoms with Crippen molar-refractivity contribution in [2.45, 2.75) is 37.5 Å². The number of hydrogen-bond donors (Lipinski definition) is 2. The third-order valence-electron chi connectivity index (χ3n) is 3.21. The van der Waals surface area contributed by atoms with Crippen molar-refractivity contribution in [2.75, 3.05) is 17.3 Å². The summed E-state index contributed by atoms with van der Waals surface area (Å²) in [7, 11) is 0. The summed E-state index contributed by atoms with van der Waals surface area (Å²) in [6.45, 7) is 1.98. The molecular weight excluding hydrogens is 218 g/mol. The molecule has 1 aromatic heterocycles. The summed E-state index contributed by atoms with van der Waals surface area (Å²) in [6.07, 6.45) is 7.80. The molecule has 0 spiro atoms. The number of anilines is 2. The van der Waals surface area contributed by atoms with Crippen LogP contribution in [-0.4, -0.2) is 22.5 Å². The first kappa shape index (κ1) is 11.6. The maximum atomic E-state index is 5.86. The van der Waals surface area contributed by atoms with Crippen LogP contribution in [0.25, 0.3) is 0 Å². The number of nitrogens with zero attached hydrogens (tertiary/aromatic N) is 1. The zero-order valence-electron chi connectivity index (χ0n) is 9.86. The third kappa shape index (κ3) is 2.61. The molecule has 3 nitrogen and oxygen atoms in total. The number of thioether (sulfide) groups is 1. The minimum atomic E-state index is 0.562. The van der Waals surface area contributed by atoms with Crippen molar-refractivity contribution < 1.29 is 0 Å². The maximum absolute atomic E-state index is 5.86. The Balaban J connectivity index is 1.97. The van der Waals surface area contributed by atoms with Gasteiger partial charge in [-0.25, -0.2) is 4.98 Å². The van der Waals surface area contributed by atoms with E-state index < -0.39 is 0 Å². The molecule has 0 amide bonds. The van der Waals surface area contributed by atoms with Gasteiger partial charge in [0.25, 0.3) is 0 Å². The Hall–Kier alpha value is -0.900. The van der Waals surface area contributed by atoms with Gasteiger partial charge < -0.3 is 11.1 Å². The van der Waals surface area contributed by atoms with Gasteiger partial charge in [0.15, 0.2) is 0 Å². The fraction of sp³-hybridized carbons (Fsp3) is 0.583. The molecule has 1 aliphatic rings. The summed E-state index contributed by atoms with van der Waals surface area (Å²) >= 11 is 1.97. The normalized spacial score (nSPS) is 24.6. The molecule has 1 heterocycles. The third-order valence-corrected chi connectivity index (χ3v) is 4.31. The second-order valence-corrected chi connectivity index (χ2v) is 5.58. The molecule has 0 saturated heterocycles. The molecule has 0 aromatic carbocycles. The van der Waals surface area contributed by atoms with E-state index in [1.54, 1.807) is 0 Å². The Morgan fingerprint density at radius 2 is 2.31 bits per heavy atom. The molecule has 2 unspecified atom stereocenters. The van der Waals surface area contributed by atoms with Gasteiger partial charge in [-0.15, -0.1) is 0 Å². The standard InChI is InChI=1S/C12H19N3S/c1-8-7-14-12(6-11(8)13)15-9-3-4-10(5-9)16-2/h6-7,9-10H,3-5H2,1-2H3,(H3,13,14,15). The number of rotatable bonds is 3. The minimum Gasteiger partial charge on any atom is -0.398 e. The Morgan fingerprint density at radius 3 is 2.94 bits per heavy atom. The number of pyridine rings is 1. The van der Waals surface area contributed by atoms with Crippen LogP contribution in [0.5, 0.6) is 0 Å². The Bertz CT molecular complexity index is 367. The van der Waals surface area contributed by atoms with E-state index in [0.717, 1.165) is 22.3 Å². The van der Waals surface area contributed by atoms with Crippen LogP contribution in [0.2, 0.25) is 0 Å². The quantitative estimate of drug-likeness (QED) is 0.848. The summed E-state index contributed by atoms with van der Waals surface area (Å²) in [5.74, 6) is 0.912. The van der Waals surface area contributed by atoms with Gasteiger partial charge in [0.2, 0.25) is 0 Å². The predicted molar refractivity (Wildman–Crippen MR) is 72.0 cm³/mol. The van der Waals surface area contributed by atoms with Gasteiger partial charge in [0.1, 0.15) is 5.82 Å². The highest BCUT2D eigenvalue weighted by atomic mass is 32.2. The van der Waals surface area contributed by atoms with Crippen LogP contribution in [0.1, 0.15) is 24.8 Å². The Kier molecular flexibility index (Phi) is 3.59. The number of nitrogens with two attached hydrogens (primary N) is 1. The van der Waals surface area contributed by atoms with Crippen LogP contribution in [-0.2, 0) is 0 Å². The van der Waals surface area contributed by atoms with Gasteiger partial charge in [0.05, 0.1) is 0 Å². The molecule has 16 heavy (non-hydrogen) atoms. The van der Waals surface area contributed by atoms with Gasteiger partial charge in [-0.1, -0.05) is 0 Å². The highest BCUT2D eigenvalue weighted by Gasteiger charge is 2.23. The molecule has 1 aliphatic carbocycles. The molecular formula is C12H19N3S. The lowest BCUT2D eigenvalue weighted by Gasteiger charge is -2.14. The SMILES string of the molecule is CSC1CCC(Nc2cc(N)c(C)cn2)C1. The van der Waals surface area contributed by atoms with E-state index in [1.807, 2.05) is 30.9 Å². The van der Waals surface area contributed by atoms with E-state index in [0.29, 0.717) is 6.04 Å². The van der Waals surface area contributed by atoms with E-state index in [1.165, 1.54) is 19.3 Å². The number of aryl methyl sites for hydroxylation is 1. The molecule has 0 bridgehead atoms. The number of nitrogen functional groups attached to an aromatic ring is 1. The van der Waals surface area contributed by atoms with Gasteiger partial charge in [-0.2, -0.15) is 11.8 Å². The summed E-state index contributed by atoms with van der Waals surface area (Å²) in [4.78, 5) is 4.36. The second kappa shape index (κ2) is 4.95. The molecule has 1 fully saturated rings. The summed E-state index contributed by atoms with van der Waals surface area (Å²) < 4.78 is 0. The molecule has 2 atom stereocenters. The Morgan fingerprint density at radius 1 is 1.50 bits per heavy atom. The van der Waals surface area contributed by atoms with Crippen LogP contribution >= 0.6 is 11.8 Å². The smallest absolute Gasteiger partial charge is 0.128 e. The minimum absolute atomic E-state index is 0.562. The fourth-order valence-electron chi connectivity index (χ4n) is 2.11. The summed E-state index contributed by atoms with van der Waals surface area (Å²) in [5.41, 5.74) is 7.72. The maximum Gasteiger partial charge on any atom is 0.128 e. The van der Waals surface area contributed by atoms with Crippen molar-refractivity contribution in [3.8, 4) is 0 Å². The van der Waals surface area contributed by atoms with Crippen LogP contribution in [0.4, 0.5) is 11.5 Å². The zero-order valence-corrected chi connectivity index (χ0v) is 10.7. The number of hydrogen-bond acceptors (Lipinski definition) is 4. The highest BCUT2D eigenvalue weighted by Crippen LogP contribution is 2.30. The first-order valence-corrected chi connectivity index (χ1v) is 6.99. The molecule has 3 N–H and O–H groups in total. The van der Waals surface area contributed by atoms with Gasteiger partial charge in [-0.05, 0) is 38.0 Å². The first-order chi connectivity index (χ1) is 7.69. The molecule has 88 valence electrons. The monoisotopic (exact) mass is 237 g/mol. The van der Waals surface area contributed by atoms with Crippen molar-refractivity contribution in [3.05, 3.63) is 17.8 Å². The van der Waals surface area contributed by atoms with Gasteiger partial charge in [0, 0.05) is 29.2 Å². The molecule has 0 aliphatic heterocycles.